The SMILES string of the molecule is O=C(O)CC1c2cccnc2Oc2cc(O)c3c(=O)c(-c4ccc(Cl)cc4)coc3c21. The van der Waals surface area contributed by atoms with Crippen molar-refractivity contribution in [1.29, 1.82) is 0 Å². The smallest absolute Gasteiger partial charge is 0.304 e. The Morgan fingerprint density at radius 3 is 2.71 bits per heavy atom. The Hall–Kier alpha value is -3.84. The second kappa shape index (κ2) is 7.14. The molecule has 0 aliphatic carbocycles. The van der Waals surface area contributed by atoms with Crippen molar-refractivity contribution in [2.24, 2.45) is 0 Å². The number of pyridine rings is 1. The molecule has 3 heterocycles. The Morgan fingerprint density at radius 2 is 1.97 bits per heavy atom. The van der Waals surface area contributed by atoms with Crippen LogP contribution in [-0.4, -0.2) is 21.2 Å². The largest absolute Gasteiger partial charge is 0.507 e. The van der Waals surface area contributed by atoms with Gasteiger partial charge in [-0.1, -0.05) is 29.8 Å². The number of hydrogen-bond acceptors (Lipinski definition) is 6. The van der Waals surface area contributed by atoms with Gasteiger partial charge in [-0.05, 0) is 23.8 Å². The number of nitrogens with zero attached hydrogens (tertiary/aromatic N) is 1. The molecule has 1 aliphatic heterocycles. The van der Waals surface area contributed by atoms with Crippen LogP contribution in [0.4, 0.5) is 0 Å². The molecule has 0 saturated heterocycles. The third-order valence-electron chi connectivity index (χ3n) is 5.29. The van der Waals surface area contributed by atoms with Gasteiger partial charge in [-0.25, -0.2) is 4.98 Å². The molecule has 0 fully saturated rings. The van der Waals surface area contributed by atoms with Crippen molar-refractivity contribution in [1.82, 2.24) is 4.98 Å². The molecule has 1 unspecified atom stereocenters. The lowest BCUT2D eigenvalue weighted by Crippen LogP contribution is -2.16. The normalized spacial score (nSPS) is 14.5. The number of carboxylic acid groups (broad SMARTS) is 1. The Morgan fingerprint density at radius 1 is 1.19 bits per heavy atom. The number of hydrogen-bond donors (Lipinski definition) is 2. The molecule has 8 heteroatoms. The minimum Gasteiger partial charge on any atom is -0.507 e. The van der Waals surface area contributed by atoms with Gasteiger partial charge in [-0.15, -0.1) is 0 Å². The molecule has 2 N–H and O–H groups in total. The minimum atomic E-state index is -1.03. The van der Waals surface area contributed by atoms with Crippen molar-refractivity contribution in [2.75, 3.05) is 0 Å². The average molecular weight is 436 g/mol. The fourth-order valence-electron chi connectivity index (χ4n) is 3.93. The van der Waals surface area contributed by atoms with Crippen LogP contribution in [0.15, 0.2) is 64.1 Å². The molecule has 154 valence electrons. The molecule has 7 nitrogen and oxygen atoms in total. The topological polar surface area (TPSA) is 110 Å². The first-order chi connectivity index (χ1) is 14.9. The molecule has 0 saturated carbocycles. The maximum Gasteiger partial charge on any atom is 0.304 e. The number of carboxylic acids is 1. The molecule has 1 aliphatic rings. The van der Waals surface area contributed by atoms with E-state index in [1.165, 1.54) is 18.5 Å². The van der Waals surface area contributed by atoms with E-state index in [1.54, 1.807) is 36.4 Å². The van der Waals surface area contributed by atoms with E-state index in [0.29, 0.717) is 21.7 Å². The summed E-state index contributed by atoms with van der Waals surface area (Å²) < 4.78 is 11.6. The summed E-state index contributed by atoms with van der Waals surface area (Å²) in [5.74, 6) is -1.58. The lowest BCUT2D eigenvalue weighted by Gasteiger charge is -2.27. The van der Waals surface area contributed by atoms with E-state index in [1.807, 2.05) is 0 Å². The molecule has 0 radical (unpaired) electrons. The van der Waals surface area contributed by atoms with E-state index >= 15 is 0 Å². The van der Waals surface area contributed by atoms with Gasteiger partial charge in [0.15, 0.2) is 0 Å². The fraction of sp³-hybridized carbons (Fsp3) is 0.0870. The predicted octanol–water partition coefficient (Wildman–Crippen LogP) is 4.93. The summed E-state index contributed by atoms with van der Waals surface area (Å²) in [5, 5.41) is 20.6. The first-order valence-corrected chi connectivity index (χ1v) is 9.73. The van der Waals surface area contributed by atoms with Gasteiger partial charge in [0.05, 0.1) is 12.0 Å². The molecule has 5 rings (SSSR count). The number of aromatic nitrogens is 1. The molecule has 0 amide bonds. The van der Waals surface area contributed by atoms with Gasteiger partial charge in [0.25, 0.3) is 0 Å². The number of rotatable bonds is 3. The zero-order chi connectivity index (χ0) is 21.7. The van der Waals surface area contributed by atoms with Gasteiger partial charge in [-0.3, -0.25) is 9.59 Å². The zero-order valence-corrected chi connectivity index (χ0v) is 16.6. The van der Waals surface area contributed by atoms with Crippen LogP contribution < -0.4 is 10.2 Å². The molecule has 2 aromatic carbocycles. The number of halogens is 1. The van der Waals surface area contributed by atoms with E-state index < -0.39 is 17.3 Å². The molecule has 31 heavy (non-hydrogen) atoms. The highest BCUT2D eigenvalue weighted by Crippen LogP contribution is 2.49. The maximum absolute atomic E-state index is 13.3. The number of phenols is 1. The monoisotopic (exact) mass is 435 g/mol. The average Bonchev–Trinajstić information content (AvgIpc) is 2.74. The Kier molecular flexibility index (Phi) is 4.41. The van der Waals surface area contributed by atoms with E-state index in [0.717, 1.165) is 0 Å². The van der Waals surface area contributed by atoms with Crippen LogP contribution >= 0.6 is 11.6 Å². The first-order valence-electron chi connectivity index (χ1n) is 9.36. The minimum absolute atomic E-state index is 0.0440. The number of ether oxygens (including phenoxy) is 1. The first kappa shape index (κ1) is 19.1. The third kappa shape index (κ3) is 3.10. The number of phenolic OH excluding ortho intramolecular Hbond substituents is 1. The van der Waals surface area contributed by atoms with Crippen LogP contribution in [0.2, 0.25) is 5.02 Å². The number of fused-ring (bicyclic) bond motifs is 4. The second-order valence-electron chi connectivity index (χ2n) is 7.15. The van der Waals surface area contributed by atoms with Crippen molar-refractivity contribution >= 4 is 28.5 Å². The quantitative estimate of drug-likeness (QED) is 0.469. The summed E-state index contributed by atoms with van der Waals surface area (Å²) in [6.45, 7) is 0. The molecule has 0 bridgehead atoms. The van der Waals surface area contributed by atoms with E-state index in [4.69, 9.17) is 20.8 Å². The van der Waals surface area contributed by atoms with E-state index in [2.05, 4.69) is 4.98 Å². The molecule has 0 spiro atoms. The van der Waals surface area contributed by atoms with Gasteiger partial charge in [0.2, 0.25) is 11.3 Å². The van der Waals surface area contributed by atoms with Gasteiger partial charge >= 0.3 is 5.97 Å². The Bertz CT molecular complexity index is 1410. The number of benzene rings is 2. The van der Waals surface area contributed by atoms with Crippen LogP contribution in [-0.2, 0) is 4.79 Å². The summed E-state index contributed by atoms with van der Waals surface area (Å²) in [5.41, 5.74) is 1.40. The lowest BCUT2D eigenvalue weighted by atomic mass is 9.85. The van der Waals surface area contributed by atoms with Crippen LogP contribution in [0.1, 0.15) is 23.5 Å². The van der Waals surface area contributed by atoms with Crippen molar-refractivity contribution in [3.8, 4) is 28.5 Å². The molecule has 2 aromatic heterocycles. The highest BCUT2D eigenvalue weighted by atomic mass is 35.5. The summed E-state index contributed by atoms with van der Waals surface area (Å²) >= 11 is 5.93. The molecule has 4 aromatic rings. The zero-order valence-electron chi connectivity index (χ0n) is 15.8. The van der Waals surface area contributed by atoms with Crippen LogP contribution in [0, 0.1) is 0 Å². The van der Waals surface area contributed by atoms with Crippen molar-refractivity contribution in [3.05, 3.63) is 81.3 Å². The van der Waals surface area contributed by atoms with Crippen LogP contribution in [0.5, 0.6) is 17.4 Å². The third-order valence-corrected chi connectivity index (χ3v) is 5.54. The Labute approximate surface area is 180 Å². The van der Waals surface area contributed by atoms with Gasteiger partial charge in [0, 0.05) is 34.3 Å². The summed E-state index contributed by atoms with van der Waals surface area (Å²) in [7, 11) is 0. The van der Waals surface area contributed by atoms with Crippen molar-refractivity contribution in [3.63, 3.8) is 0 Å². The maximum atomic E-state index is 13.3. The summed E-state index contributed by atoms with van der Waals surface area (Å²) in [4.78, 5) is 29.0. The van der Waals surface area contributed by atoms with Gasteiger partial charge < -0.3 is 19.4 Å². The number of carbonyl (C=O) groups is 1. The number of aromatic hydroxyl groups is 1. The number of aliphatic carboxylic acids is 1. The molecule has 1 atom stereocenters. The summed E-state index contributed by atoms with van der Waals surface area (Å²) in [6, 6.07) is 11.3. The second-order valence-corrected chi connectivity index (χ2v) is 7.58. The van der Waals surface area contributed by atoms with Crippen molar-refractivity contribution < 1.29 is 24.2 Å². The van der Waals surface area contributed by atoms with Crippen LogP contribution in [0.3, 0.4) is 0 Å². The van der Waals surface area contributed by atoms with E-state index in [9.17, 15) is 19.8 Å². The molecular weight excluding hydrogens is 422 g/mol. The Balaban J connectivity index is 1.79. The summed E-state index contributed by atoms with van der Waals surface area (Å²) in [6.07, 6.45) is 2.56. The van der Waals surface area contributed by atoms with Gasteiger partial charge in [0.1, 0.15) is 28.7 Å². The highest BCUT2D eigenvalue weighted by molar-refractivity contribution is 6.30. The highest BCUT2D eigenvalue weighted by Gasteiger charge is 2.34. The standard InChI is InChI=1S/C23H14ClNO6/c24-12-5-3-11(4-6-12)15-10-30-22-19-14(8-18(27)28)13-2-1-7-25-23(13)31-17(19)9-16(26)20(22)21(15)29/h1-7,9-10,14,26H,8H2,(H,27,28). The van der Waals surface area contributed by atoms with Crippen LogP contribution in [0.25, 0.3) is 22.1 Å². The fourth-order valence-corrected chi connectivity index (χ4v) is 4.05. The lowest BCUT2D eigenvalue weighted by molar-refractivity contribution is -0.137. The van der Waals surface area contributed by atoms with E-state index in [-0.39, 0.29) is 40.3 Å². The molecular formula is C23H14ClNO6. The van der Waals surface area contributed by atoms with Gasteiger partial charge in [-0.2, -0.15) is 0 Å². The predicted molar refractivity (Wildman–Crippen MR) is 113 cm³/mol. The van der Waals surface area contributed by atoms with Crippen molar-refractivity contribution in [2.45, 2.75) is 12.3 Å².